The molecule has 0 spiro atoms. The van der Waals surface area contributed by atoms with Crippen molar-refractivity contribution in [3.05, 3.63) is 42.2 Å². The van der Waals surface area contributed by atoms with E-state index in [-0.39, 0.29) is 0 Å². The molecular weight excluding hydrogens is 180 g/mol. The fraction of sp³-hybridized carbons (Fsp3) is 0.222. The zero-order valence-corrected chi connectivity index (χ0v) is 7.70. The minimum absolute atomic E-state index is 0.696. The van der Waals surface area contributed by atoms with Crippen molar-refractivity contribution in [2.45, 2.75) is 6.10 Å². The van der Waals surface area contributed by atoms with Gasteiger partial charge in [0.05, 0.1) is 24.4 Å². The standard InChI is InChI=1S/C9H10N4O/c1-13-6-10-5-8(13)9(14)7-2-3-11-12-4-7/h2-6,9,14H,1H3. The van der Waals surface area contributed by atoms with Crippen LogP contribution in [-0.4, -0.2) is 24.9 Å². The van der Waals surface area contributed by atoms with Gasteiger partial charge in [-0.05, 0) is 6.07 Å². The van der Waals surface area contributed by atoms with Gasteiger partial charge in [-0.15, -0.1) is 0 Å². The highest BCUT2D eigenvalue weighted by Gasteiger charge is 2.13. The van der Waals surface area contributed by atoms with E-state index in [1.54, 1.807) is 29.4 Å². The zero-order valence-electron chi connectivity index (χ0n) is 7.70. The van der Waals surface area contributed by atoms with Gasteiger partial charge in [0.1, 0.15) is 6.10 Å². The molecule has 2 aromatic rings. The van der Waals surface area contributed by atoms with Gasteiger partial charge in [-0.3, -0.25) is 0 Å². The molecular formula is C9H10N4O. The second kappa shape index (κ2) is 3.55. The fourth-order valence-electron chi connectivity index (χ4n) is 1.26. The van der Waals surface area contributed by atoms with Crippen LogP contribution in [0, 0.1) is 0 Å². The number of aliphatic hydroxyl groups is 1. The highest BCUT2D eigenvalue weighted by atomic mass is 16.3. The third-order valence-electron chi connectivity index (χ3n) is 2.06. The lowest BCUT2D eigenvalue weighted by Gasteiger charge is -2.09. The number of aryl methyl sites for hydroxylation is 1. The lowest BCUT2D eigenvalue weighted by Crippen LogP contribution is -2.05. The SMILES string of the molecule is Cn1cncc1C(O)c1ccnnc1. The normalized spacial score (nSPS) is 12.7. The van der Waals surface area contributed by atoms with E-state index in [1.807, 2.05) is 7.05 Å². The van der Waals surface area contributed by atoms with Gasteiger partial charge >= 0.3 is 0 Å². The maximum atomic E-state index is 9.93. The maximum absolute atomic E-state index is 9.93. The lowest BCUT2D eigenvalue weighted by molar-refractivity contribution is 0.211. The molecule has 1 atom stereocenters. The zero-order chi connectivity index (χ0) is 9.97. The first-order chi connectivity index (χ1) is 6.79. The highest BCUT2D eigenvalue weighted by Crippen LogP contribution is 2.18. The molecule has 0 saturated heterocycles. The van der Waals surface area contributed by atoms with Crippen molar-refractivity contribution < 1.29 is 5.11 Å². The first-order valence-electron chi connectivity index (χ1n) is 4.20. The van der Waals surface area contributed by atoms with Crippen molar-refractivity contribution >= 4 is 0 Å². The molecule has 2 aromatic heterocycles. The fourth-order valence-corrected chi connectivity index (χ4v) is 1.26. The van der Waals surface area contributed by atoms with Gasteiger partial charge in [0.25, 0.3) is 0 Å². The van der Waals surface area contributed by atoms with Crippen LogP contribution in [0.15, 0.2) is 31.0 Å². The number of aliphatic hydroxyl groups excluding tert-OH is 1. The summed E-state index contributed by atoms with van der Waals surface area (Å²) in [5, 5.41) is 17.3. The summed E-state index contributed by atoms with van der Waals surface area (Å²) in [6.07, 6.45) is 5.67. The molecule has 2 rings (SSSR count). The van der Waals surface area contributed by atoms with Gasteiger partial charge in [-0.1, -0.05) is 0 Å². The first kappa shape index (κ1) is 8.83. The molecule has 72 valence electrons. The van der Waals surface area contributed by atoms with Crippen molar-refractivity contribution in [3.8, 4) is 0 Å². The molecule has 0 amide bonds. The Bertz CT molecular complexity index is 412. The summed E-state index contributed by atoms with van der Waals surface area (Å²) in [7, 11) is 1.83. The minimum atomic E-state index is -0.696. The summed E-state index contributed by atoms with van der Waals surface area (Å²) in [6.45, 7) is 0. The van der Waals surface area contributed by atoms with Gasteiger partial charge in [-0.2, -0.15) is 10.2 Å². The summed E-state index contributed by atoms with van der Waals surface area (Å²) >= 11 is 0. The van der Waals surface area contributed by atoms with E-state index in [0.717, 1.165) is 5.69 Å². The number of hydrogen-bond acceptors (Lipinski definition) is 4. The van der Waals surface area contributed by atoms with Crippen LogP contribution in [0.3, 0.4) is 0 Å². The Balaban J connectivity index is 2.34. The molecule has 0 radical (unpaired) electrons. The number of aromatic nitrogens is 4. The van der Waals surface area contributed by atoms with Crippen LogP contribution in [0.5, 0.6) is 0 Å². The molecule has 5 heteroatoms. The third kappa shape index (κ3) is 1.49. The van der Waals surface area contributed by atoms with E-state index < -0.39 is 6.10 Å². The average Bonchev–Trinajstić information content (AvgIpc) is 2.65. The second-order valence-electron chi connectivity index (χ2n) is 3.01. The Morgan fingerprint density at radius 1 is 1.36 bits per heavy atom. The van der Waals surface area contributed by atoms with E-state index in [4.69, 9.17) is 0 Å². The summed E-state index contributed by atoms with van der Waals surface area (Å²) in [5.74, 6) is 0. The third-order valence-corrected chi connectivity index (χ3v) is 2.06. The summed E-state index contributed by atoms with van der Waals surface area (Å²) in [5.41, 5.74) is 1.45. The van der Waals surface area contributed by atoms with E-state index >= 15 is 0 Å². The molecule has 2 heterocycles. The monoisotopic (exact) mass is 190 g/mol. The van der Waals surface area contributed by atoms with Crippen molar-refractivity contribution in [3.63, 3.8) is 0 Å². The number of rotatable bonds is 2. The van der Waals surface area contributed by atoms with Gasteiger partial charge in [0, 0.05) is 18.8 Å². The van der Waals surface area contributed by atoms with Gasteiger partial charge in [0.2, 0.25) is 0 Å². The van der Waals surface area contributed by atoms with E-state index in [2.05, 4.69) is 15.2 Å². The van der Waals surface area contributed by atoms with Crippen LogP contribution < -0.4 is 0 Å². The Kier molecular flexibility index (Phi) is 2.24. The highest BCUT2D eigenvalue weighted by molar-refractivity contribution is 5.20. The number of imidazole rings is 1. The Hall–Kier alpha value is -1.75. The van der Waals surface area contributed by atoms with Crippen molar-refractivity contribution in [2.24, 2.45) is 7.05 Å². The Morgan fingerprint density at radius 2 is 2.21 bits per heavy atom. The summed E-state index contributed by atoms with van der Waals surface area (Å²) < 4.78 is 1.77. The first-order valence-corrected chi connectivity index (χ1v) is 4.20. The van der Waals surface area contributed by atoms with Crippen LogP contribution >= 0.6 is 0 Å². The molecule has 0 bridgehead atoms. The van der Waals surface area contributed by atoms with Gasteiger partial charge in [0.15, 0.2) is 0 Å². The van der Waals surface area contributed by atoms with Crippen molar-refractivity contribution in [1.29, 1.82) is 0 Å². The van der Waals surface area contributed by atoms with Gasteiger partial charge in [-0.25, -0.2) is 4.98 Å². The predicted molar refractivity (Wildman–Crippen MR) is 49.3 cm³/mol. The Labute approximate surface area is 81.1 Å². The molecule has 0 fully saturated rings. The summed E-state index contributed by atoms with van der Waals surface area (Å²) in [4.78, 5) is 3.94. The van der Waals surface area contributed by atoms with Crippen LogP contribution in [0.25, 0.3) is 0 Å². The lowest BCUT2D eigenvalue weighted by atomic mass is 10.1. The molecule has 1 N–H and O–H groups in total. The van der Waals surface area contributed by atoms with E-state index in [0.29, 0.717) is 5.56 Å². The molecule has 14 heavy (non-hydrogen) atoms. The van der Waals surface area contributed by atoms with E-state index in [1.165, 1.54) is 6.20 Å². The van der Waals surface area contributed by atoms with Crippen LogP contribution in [0.2, 0.25) is 0 Å². The topological polar surface area (TPSA) is 63.8 Å². The largest absolute Gasteiger partial charge is 0.382 e. The molecule has 0 aliphatic heterocycles. The second-order valence-corrected chi connectivity index (χ2v) is 3.01. The maximum Gasteiger partial charge on any atom is 0.122 e. The number of nitrogens with zero attached hydrogens (tertiary/aromatic N) is 4. The van der Waals surface area contributed by atoms with Crippen LogP contribution in [0.4, 0.5) is 0 Å². The molecule has 0 aliphatic carbocycles. The van der Waals surface area contributed by atoms with Crippen LogP contribution in [0.1, 0.15) is 17.4 Å². The average molecular weight is 190 g/mol. The predicted octanol–water partition coefficient (Wildman–Crippen LogP) is 0.292. The van der Waals surface area contributed by atoms with Crippen molar-refractivity contribution in [2.75, 3.05) is 0 Å². The number of hydrogen-bond donors (Lipinski definition) is 1. The summed E-state index contributed by atoms with van der Waals surface area (Å²) in [6, 6.07) is 1.73. The smallest absolute Gasteiger partial charge is 0.122 e. The van der Waals surface area contributed by atoms with Crippen LogP contribution in [-0.2, 0) is 7.05 Å². The minimum Gasteiger partial charge on any atom is -0.382 e. The van der Waals surface area contributed by atoms with Crippen molar-refractivity contribution in [1.82, 2.24) is 19.7 Å². The molecule has 5 nitrogen and oxygen atoms in total. The van der Waals surface area contributed by atoms with E-state index in [9.17, 15) is 5.11 Å². The molecule has 0 aromatic carbocycles. The molecule has 0 aliphatic rings. The molecule has 0 saturated carbocycles. The Morgan fingerprint density at radius 3 is 2.79 bits per heavy atom. The quantitative estimate of drug-likeness (QED) is 0.739. The molecule has 1 unspecified atom stereocenters. The van der Waals surface area contributed by atoms with Gasteiger partial charge < -0.3 is 9.67 Å².